The molecule has 5 rings (SSSR count). The van der Waals surface area contributed by atoms with Gasteiger partial charge >= 0.3 is 23.7 Å². The minimum atomic E-state index is -4.64. The molecule has 1 saturated carbocycles. The standard InChI is InChI=1S/C34H31F3N6O2/c1-3-41(28-18-16-24(21-38)17-19-28)31(39-22-25-10-5-4-6-11-25)30-23(2)42(29-15-9-12-26(20-29)34(35,36)37)33(45)43(30)32(44)40-27-13-7-8-14-27/h3-6,9-12,15-20,27H,1,7-8,13-14,22H2,2H3,(H,40,44)/p+1. The highest BCUT2D eigenvalue weighted by atomic mass is 19.4. The Morgan fingerprint density at radius 2 is 1.76 bits per heavy atom. The van der Waals surface area contributed by atoms with Crippen LogP contribution in [0.25, 0.3) is 5.69 Å². The normalized spacial score (nSPS) is 14.0. The van der Waals surface area contributed by atoms with Crippen molar-refractivity contribution in [1.29, 1.82) is 5.26 Å². The molecule has 4 aromatic rings. The largest absolute Gasteiger partial charge is 0.416 e. The molecule has 1 aromatic heterocycles. The van der Waals surface area contributed by atoms with Gasteiger partial charge in [-0.3, -0.25) is 9.88 Å². The second-order valence-electron chi connectivity index (χ2n) is 10.8. The highest BCUT2D eigenvalue weighted by Crippen LogP contribution is 2.31. The zero-order chi connectivity index (χ0) is 32.1. The summed E-state index contributed by atoms with van der Waals surface area (Å²) in [7, 11) is 0. The Morgan fingerprint density at radius 3 is 2.38 bits per heavy atom. The molecule has 1 heterocycles. The maximum atomic E-state index is 14.2. The second kappa shape index (κ2) is 13.1. The van der Waals surface area contributed by atoms with Crippen LogP contribution >= 0.6 is 0 Å². The third-order valence-electron chi connectivity index (χ3n) is 7.83. The van der Waals surface area contributed by atoms with Crippen molar-refractivity contribution in [3.05, 3.63) is 130 Å². The van der Waals surface area contributed by atoms with Gasteiger partial charge in [0, 0.05) is 6.04 Å². The Labute approximate surface area is 258 Å². The van der Waals surface area contributed by atoms with Crippen LogP contribution in [0.3, 0.4) is 0 Å². The molecule has 1 aliphatic rings. The van der Waals surface area contributed by atoms with Gasteiger partial charge in [0.2, 0.25) is 0 Å². The van der Waals surface area contributed by atoms with Gasteiger partial charge in [-0.25, -0.2) is 14.2 Å². The van der Waals surface area contributed by atoms with Crippen LogP contribution in [0, 0.1) is 18.3 Å². The average Bonchev–Trinajstić information content (AvgIpc) is 3.64. The molecule has 0 radical (unpaired) electrons. The van der Waals surface area contributed by atoms with Gasteiger partial charge in [-0.1, -0.05) is 55.8 Å². The number of rotatable bonds is 7. The lowest BCUT2D eigenvalue weighted by Gasteiger charge is -2.15. The van der Waals surface area contributed by atoms with Gasteiger partial charge in [-0.05, 0) is 67.8 Å². The Kier molecular flexibility index (Phi) is 9.04. The van der Waals surface area contributed by atoms with Crippen molar-refractivity contribution in [3.8, 4) is 11.8 Å². The Hall–Kier alpha value is -5.37. The van der Waals surface area contributed by atoms with E-state index in [2.05, 4.69) is 23.3 Å². The monoisotopic (exact) mass is 613 g/mol. The maximum Gasteiger partial charge on any atom is 0.416 e. The first-order chi connectivity index (χ1) is 21.6. The van der Waals surface area contributed by atoms with Crippen molar-refractivity contribution in [2.75, 3.05) is 0 Å². The zero-order valence-electron chi connectivity index (χ0n) is 24.6. The van der Waals surface area contributed by atoms with Crippen molar-refractivity contribution < 1.29 is 22.5 Å². The second-order valence-corrected chi connectivity index (χ2v) is 10.8. The highest BCUT2D eigenvalue weighted by Gasteiger charge is 2.34. The van der Waals surface area contributed by atoms with Crippen LogP contribution in [0.1, 0.15) is 53.8 Å². The number of amidine groups is 1. The molecule has 0 unspecified atom stereocenters. The quantitative estimate of drug-likeness (QED) is 0.144. The van der Waals surface area contributed by atoms with Gasteiger partial charge in [0.25, 0.3) is 0 Å². The summed E-state index contributed by atoms with van der Waals surface area (Å²) in [5, 5.41) is 15.6. The fraction of sp³-hybridized carbons (Fsp3) is 0.235. The number of carbonyl (C=O) groups is 1. The number of alkyl halides is 3. The molecule has 2 N–H and O–H groups in total. The van der Waals surface area contributed by atoms with E-state index in [0.717, 1.165) is 52.5 Å². The third-order valence-corrected chi connectivity index (χ3v) is 7.83. The minimum absolute atomic E-state index is 0.0353. The van der Waals surface area contributed by atoms with Crippen molar-refractivity contribution in [2.24, 2.45) is 0 Å². The summed E-state index contributed by atoms with van der Waals surface area (Å²) in [6.07, 6.45) is 0.264. The lowest BCUT2D eigenvalue weighted by Crippen LogP contribution is -2.44. The summed E-state index contributed by atoms with van der Waals surface area (Å²) >= 11 is 0. The number of halogens is 3. The van der Waals surface area contributed by atoms with Crippen molar-refractivity contribution >= 4 is 17.6 Å². The predicted molar refractivity (Wildman–Crippen MR) is 165 cm³/mol. The maximum absolute atomic E-state index is 14.2. The molecule has 230 valence electrons. The van der Waals surface area contributed by atoms with E-state index in [0.29, 0.717) is 17.1 Å². The number of nitrogens with zero attached hydrogens (tertiary/aromatic N) is 4. The molecule has 45 heavy (non-hydrogen) atoms. The number of hydrogen-bond donors (Lipinski definition) is 2. The average molecular weight is 614 g/mol. The van der Waals surface area contributed by atoms with Crippen LogP contribution in [-0.4, -0.2) is 31.6 Å². The molecular formula is C34H32F3N6O2+. The fourth-order valence-corrected chi connectivity index (χ4v) is 5.59. The van der Waals surface area contributed by atoms with Crippen LogP contribution in [0.15, 0.2) is 96.4 Å². The van der Waals surface area contributed by atoms with Crippen molar-refractivity contribution in [2.45, 2.75) is 51.4 Å². The number of carbonyl (C=O) groups excluding carboxylic acids is 1. The number of amides is 1. The van der Waals surface area contributed by atoms with E-state index in [9.17, 15) is 28.0 Å². The van der Waals surface area contributed by atoms with E-state index in [4.69, 9.17) is 0 Å². The van der Waals surface area contributed by atoms with E-state index in [1.54, 1.807) is 35.8 Å². The predicted octanol–water partition coefficient (Wildman–Crippen LogP) is 6.36. The van der Waals surface area contributed by atoms with Gasteiger partial charge < -0.3 is 5.32 Å². The van der Waals surface area contributed by atoms with Crippen molar-refractivity contribution in [1.82, 2.24) is 19.8 Å². The molecule has 1 aliphatic carbocycles. The molecular weight excluding hydrogens is 581 g/mol. The number of imidazole rings is 1. The molecule has 1 amide bonds. The number of hydrogen-bond acceptors (Lipinski definition) is 3. The number of benzene rings is 3. The minimum Gasteiger partial charge on any atom is -0.335 e. The number of nitriles is 1. The molecule has 3 aromatic carbocycles. The van der Waals surface area contributed by atoms with Crippen LogP contribution in [0.2, 0.25) is 0 Å². The summed E-state index contributed by atoms with van der Waals surface area (Å²) < 4.78 is 44.8. The first-order valence-corrected chi connectivity index (χ1v) is 14.5. The topological polar surface area (TPSA) is 94.9 Å². The van der Waals surface area contributed by atoms with Crippen molar-refractivity contribution in [3.63, 3.8) is 0 Å². The SMILES string of the molecule is C=C[N+](=C(NCc1ccccc1)c1c(C)n(-c2cccc(C(F)(F)F)c2)c(=O)n1C(=O)NC1CCCC1)c1ccc(C#N)cc1. The molecule has 0 atom stereocenters. The summed E-state index contributed by atoms with van der Waals surface area (Å²) in [5.74, 6) is 0.292. The Bertz CT molecular complexity index is 1840. The number of nitrogens with one attached hydrogen (secondary N) is 2. The first-order valence-electron chi connectivity index (χ1n) is 14.5. The van der Waals surface area contributed by atoms with Gasteiger partial charge in [0.15, 0.2) is 5.69 Å². The summed E-state index contributed by atoms with van der Waals surface area (Å²) in [6, 6.07) is 21.8. The van der Waals surface area contributed by atoms with Gasteiger partial charge in [0.1, 0.15) is 12.2 Å². The lowest BCUT2D eigenvalue weighted by atomic mass is 10.2. The molecule has 8 nitrogen and oxygen atoms in total. The molecule has 1 fully saturated rings. The van der Waals surface area contributed by atoms with Crippen LogP contribution < -0.4 is 16.3 Å². The third kappa shape index (κ3) is 6.60. The van der Waals surface area contributed by atoms with Gasteiger partial charge in [-0.15, -0.1) is 0 Å². The van der Waals surface area contributed by atoms with Gasteiger partial charge in [-0.2, -0.15) is 23.0 Å². The smallest absolute Gasteiger partial charge is 0.335 e. The highest BCUT2D eigenvalue weighted by molar-refractivity contribution is 5.99. The Balaban J connectivity index is 1.77. The van der Waals surface area contributed by atoms with Gasteiger partial charge in [0.05, 0.1) is 34.8 Å². The summed E-state index contributed by atoms with van der Waals surface area (Å²) in [4.78, 5) is 28.1. The zero-order valence-corrected chi connectivity index (χ0v) is 24.6. The van der Waals surface area contributed by atoms with Crippen LogP contribution in [-0.2, 0) is 12.7 Å². The number of aromatic nitrogens is 2. The van der Waals surface area contributed by atoms with Crippen LogP contribution in [0.5, 0.6) is 0 Å². The Morgan fingerprint density at radius 1 is 1.07 bits per heavy atom. The molecule has 0 saturated heterocycles. The van der Waals surface area contributed by atoms with E-state index in [1.807, 2.05) is 30.3 Å². The first kappa shape index (κ1) is 31.1. The summed E-state index contributed by atoms with van der Waals surface area (Å²) in [5.41, 5.74) is 0.505. The van der Waals surface area contributed by atoms with E-state index in [-0.39, 0.29) is 29.7 Å². The van der Waals surface area contributed by atoms with E-state index >= 15 is 0 Å². The molecule has 0 bridgehead atoms. The van der Waals surface area contributed by atoms with E-state index in [1.165, 1.54) is 18.3 Å². The van der Waals surface area contributed by atoms with E-state index < -0.39 is 23.5 Å². The fourth-order valence-electron chi connectivity index (χ4n) is 5.59. The molecule has 0 spiro atoms. The lowest BCUT2D eigenvalue weighted by molar-refractivity contribution is -0.362. The molecule has 11 heteroatoms. The summed E-state index contributed by atoms with van der Waals surface area (Å²) in [6.45, 7) is 5.84. The molecule has 0 aliphatic heterocycles. The van der Waals surface area contributed by atoms with Crippen LogP contribution in [0.4, 0.5) is 23.7 Å².